The SMILES string of the molecule is CCOc1cc(/C=C/CN2CCC(C3c4ccccc4C=Cc4ccc(Br)cc43)CC2)cc(OCC)c1. The molecule has 5 rings (SSSR count). The highest BCUT2D eigenvalue weighted by Crippen LogP contribution is 2.43. The zero-order chi connectivity index (χ0) is 25.6. The van der Waals surface area contributed by atoms with Gasteiger partial charge in [-0.25, -0.2) is 0 Å². The molecule has 0 N–H and O–H groups in total. The lowest BCUT2D eigenvalue weighted by molar-refractivity contribution is 0.190. The van der Waals surface area contributed by atoms with Gasteiger partial charge < -0.3 is 9.47 Å². The number of fused-ring (bicyclic) bond motifs is 2. The quantitative estimate of drug-likeness (QED) is 0.278. The van der Waals surface area contributed by atoms with Crippen LogP contribution < -0.4 is 9.47 Å². The van der Waals surface area contributed by atoms with Crippen molar-refractivity contribution in [1.29, 1.82) is 0 Å². The average Bonchev–Trinajstić information content (AvgIpc) is 3.06. The summed E-state index contributed by atoms with van der Waals surface area (Å²) in [6.07, 6.45) is 11.5. The Morgan fingerprint density at radius 2 is 1.51 bits per heavy atom. The van der Waals surface area contributed by atoms with Crippen molar-refractivity contribution < 1.29 is 9.47 Å². The number of rotatable bonds is 8. The number of nitrogens with zero attached hydrogens (tertiary/aromatic N) is 1. The fraction of sp³-hybridized carbons (Fsp3) is 0.333. The molecule has 1 saturated heterocycles. The van der Waals surface area contributed by atoms with Crippen molar-refractivity contribution in [3.05, 3.63) is 99.0 Å². The van der Waals surface area contributed by atoms with Gasteiger partial charge in [-0.05, 0) is 97.8 Å². The van der Waals surface area contributed by atoms with E-state index in [0.29, 0.717) is 25.0 Å². The van der Waals surface area contributed by atoms with Crippen molar-refractivity contribution in [3.8, 4) is 11.5 Å². The number of benzene rings is 3. The van der Waals surface area contributed by atoms with E-state index >= 15 is 0 Å². The second-order valence-corrected chi connectivity index (χ2v) is 10.8. The van der Waals surface area contributed by atoms with Gasteiger partial charge in [0.15, 0.2) is 0 Å². The van der Waals surface area contributed by atoms with E-state index in [1.165, 1.54) is 35.1 Å². The summed E-state index contributed by atoms with van der Waals surface area (Å²) in [5.41, 5.74) is 6.73. The summed E-state index contributed by atoms with van der Waals surface area (Å²) >= 11 is 3.74. The third-order valence-electron chi connectivity index (χ3n) is 7.46. The fourth-order valence-corrected chi connectivity index (χ4v) is 6.14. The predicted molar refractivity (Wildman–Crippen MR) is 158 cm³/mol. The van der Waals surface area contributed by atoms with Gasteiger partial charge in [0.05, 0.1) is 13.2 Å². The molecule has 2 aliphatic rings. The molecule has 192 valence electrons. The number of piperidine rings is 1. The van der Waals surface area contributed by atoms with Crippen LogP contribution in [0.2, 0.25) is 0 Å². The minimum atomic E-state index is 0.426. The molecule has 3 aromatic rings. The van der Waals surface area contributed by atoms with Gasteiger partial charge in [-0.2, -0.15) is 0 Å². The summed E-state index contributed by atoms with van der Waals surface area (Å²) in [6, 6.07) is 21.8. The predicted octanol–water partition coefficient (Wildman–Crippen LogP) is 8.29. The lowest BCUT2D eigenvalue weighted by atomic mass is 9.74. The summed E-state index contributed by atoms with van der Waals surface area (Å²) in [5.74, 6) is 2.78. The first kappa shape index (κ1) is 25.8. The van der Waals surface area contributed by atoms with Gasteiger partial charge in [0.25, 0.3) is 0 Å². The highest BCUT2D eigenvalue weighted by atomic mass is 79.9. The summed E-state index contributed by atoms with van der Waals surface area (Å²) < 4.78 is 12.6. The first-order chi connectivity index (χ1) is 18.1. The topological polar surface area (TPSA) is 21.7 Å². The molecule has 3 nitrogen and oxygen atoms in total. The Kier molecular flexibility index (Phi) is 8.48. The maximum atomic E-state index is 5.73. The van der Waals surface area contributed by atoms with Crippen LogP contribution in [-0.2, 0) is 0 Å². The minimum absolute atomic E-state index is 0.426. The molecular formula is C33H36BrNO2. The average molecular weight is 559 g/mol. The normalized spacial score (nSPS) is 17.9. The third-order valence-corrected chi connectivity index (χ3v) is 7.95. The first-order valence-corrected chi connectivity index (χ1v) is 14.3. The monoisotopic (exact) mass is 557 g/mol. The van der Waals surface area contributed by atoms with Crippen molar-refractivity contribution in [2.75, 3.05) is 32.8 Å². The lowest BCUT2D eigenvalue weighted by Gasteiger charge is -2.37. The Morgan fingerprint density at radius 3 is 2.22 bits per heavy atom. The van der Waals surface area contributed by atoms with E-state index in [1.807, 2.05) is 19.9 Å². The Bertz CT molecular complexity index is 1250. The van der Waals surface area contributed by atoms with Crippen molar-refractivity contribution in [3.63, 3.8) is 0 Å². The van der Waals surface area contributed by atoms with E-state index in [-0.39, 0.29) is 0 Å². The summed E-state index contributed by atoms with van der Waals surface area (Å²) in [7, 11) is 0. The van der Waals surface area contributed by atoms with Crippen LogP contribution in [0.1, 0.15) is 60.4 Å². The number of hydrogen-bond donors (Lipinski definition) is 0. The summed E-state index contributed by atoms with van der Waals surface area (Å²) in [4.78, 5) is 2.57. The van der Waals surface area contributed by atoms with Crippen LogP contribution in [0.4, 0.5) is 0 Å². The van der Waals surface area contributed by atoms with Crippen LogP contribution >= 0.6 is 15.9 Å². The number of ether oxygens (including phenoxy) is 2. The molecule has 1 fully saturated rings. The molecule has 4 heteroatoms. The zero-order valence-corrected chi connectivity index (χ0v) is 23.4. The molecule has 0 bridgehead atoms. The Hall–Kier alpha value is -2.82. The number of hydrogen-bond acceptors (Lipinski definition) is 3. The lowest BCUT2D eigenvalue weighted by Crippen LogP contribution is -2.36. The molecule has 0 spiro atoms. The molecule has 0 aromatic heterocycles. The Labute approximate surface area is 229 Å². The summed E-state index contributed by atoms with van der Waals surface area (Å²) in [5, 5.41) is 0. The standard InChI is InChI=1S/C33H36BrNO2/c1-3-36-29-20-24(21-30(23-29)37-4-2)8-7-17-35-18-15-27(16-19-35)33-31-10-6-5-9-25(31)11-12-26-13-14-28(34)22-32(26)33/h5-14,20-23,27,33H,3-4,15-19H2,1-2H3/b8-7+. The van der Waals surface area contributed by atoms with Crippen LogP contribution in [0, 0.1) is 5.92 Å². The Balaban J connectivity index is 1.27. The molecule has 1 unspecified atom stereocenters. The molecular weight excluding hydrogens is 522 g/mol. The smallest absolute Gasteiger partial charge is 0.123 e. The van der Waals surface area contributed by atoms with Gasteiger partial charge in [-0.15, -0.1) is 0 Å². The summed E-state index contributed by atoms with van der Waals surface area (Å²) in [6.45, 7) is 8.51. The van der Waals surface area contributed by atoms with Gasteiger partial charge in [0, 0.05) is 23.0 Å². The second-order valence-electron chi connectivity index (χ2n) is 9.86. The minimum Gasteiger partial charge on any atom is -0.494 e. The highest BCUT2D eigenvalue weighted by molar-refractivity contribution is 9.10. The molecule has 37 heavy (non-hydrogen) atoms. The van der Waals surface area contributed by atoms with Crippen LogP contribution in [0.15, 0.2) is 71.2 Å². The third kappa shape index (κ3) is 6.19. The molecule has 1 aliphatic heterocycles. The molecule has 3 aromatic carbocycles. The van der Waals surface area contributed by atoms with Crippen LogP contribution in [0.3, 0.4) is 0 Å². The van der Waals surface area contributed by atoms with Gasteiger partial charge in [-0.3, -0.25) is 4.90 Å². The van der Waals surface area contributed by atoms with Crippen LogP contribution in [-0.4, -0.2) is 37.7 Å². The van der Waals surface area contributed by atoms with E-state index in [1.54, 1.807) is 0 Å². The van der Waals surface area contributed by atoms with E-state index in [9.17, 15) is 0 Å². The molecule has 0 saturated carbocycles. The molecule has 0 amide bonds. The van der Waals surface area contributed by atoms with E-state index < -0.39 is 0 Å². The first-order valence-electron chi connectivity index (χ1n) is 13.5. The molecule has 0 radical (unpaired) electrons. The van der Waals surface area contributed by atoms with Gasteiger partial charge in [-0.1, -0.05) is 70.6 Å². The van der Waals surface area contributed by atoms with Crippen molar-refractivity contribution >= 4 is 34.2 Å². The fourth-order valence-electron chi connectivity index (χ4n) is 5.76. The zero-order valence-electron chi connectivity index (χ0n) is 21.8. The van der Waals surface area contributed by atoms with Gasteiger partial charge >= 0.3 is 0 Å². The van der Waals surface area contributed by atoms with E-state index in [4.69, 9.17) is 9.47 Å². The van der Waals surface area contributed by atoms with Gasteiger partial charge in [0.2, 0.25) is 0 Å². The largest absolute Gasteiger partial charge is 0.494 e. The number of likely N-dealkylation sites (tertiary alicyclic amines) is 1. The second kappa shape index (κ2) is 12.1. The van der Waals surface area contributed by atoms with E-state index in [2.05, 4.69) is 99.7 Å². The maximum Gasteiger partial charge on any atom is 0.123 e. The van der Waals surface area contributed by atoms with Crippen LogP contribution in [0.5, 0.6) is 11.5 Å². The van der Waals surface area contributed by atoms with Crippen LogP contribution in [0.25, 0.3) is 18.2 Å². The van der Waals surface area contributed by atoms with Gasteiger partial charge in [0.1, 0.15) is 11.5 Å². The molecule has 1 atom stereocenters. The molecule has 1 aliphatic carbocycles. The Morgan fingerprint density at radius 1 is 0.838 bits per heavy atom. The molecule has 1 heterocycles. The van der Waals surface area contributed by atoms with Crippen molar-refractivity contribution in [1.82, 2.24) is 4.90 Å². The highest BCUT2D eigenvalue weighted by Gasteiger charge is 2.31. The van der Waals surface area contributed by atoms with E-state index in [0.717, 1.165) is 41.2 Å². The number of halogens is 1. The van der Waals surface area contributed by atoms with Crippen molar-refractivity contribution in [2.24, 2.45) is 5.92 Å². The van der Waals surface area contributed by atoms with Crippen molar-refractivity contribution in [2.45, 2.75) is 32.6 Å². The maximum absolute atomic E-state index is 5.73.